The van der Waals surface area contributed by atoms with Gasteiger partial charge in [-0.05, 0) is 46.6 Å². The predicted octanol–water partition coefficient (Wildman–Crippen LogP) is 2.78. The first-order valence-electron chi connectivity index (χ1n) is 4.44. The first-order valence-corrected chi connectivity index (χ1v) is 5.24. The molecule has 0 amide bonds. The molecule has 1 aliphatic heterocycles. The molecule has 0 N–H and O–H groups in total. The van der Waals surface area contributed by atoms with Crippen molar-refractivity contribution >= 4 is 27.8 Å². The number of carbonyl (C=O) groups is 1. The van der Waals surface area contributed by atoms with Gasteiger partial charge in [0.15, 0.2) is 17.3 Å². The van der Waals surface area contributed by atoms with Crippen LogP contribution in [-0.4, -0.2) is 12.6 Å². The number of ether oxygens (including phenoxy) is 2. The molecule has 0 saturated heterocycles. The summed E-state index contributed by atoms with van der Waals surface area (Å²) in [4.78, 5) is 10.8. The summed E-state index contributed by atoms with van der Waals surface area (Å²) in [6, 6.07) is 3.72. The highest BCUT2D eigenvalue weighted by molar-refractivity contribution is 9.10. The maximum absolute atomic E-state index is 10.8. The lowest BCUT2D eigenvalue weighted by atomic mass is 10.2. The molecule has 1 aliphatic rings. The molecule has 0 atom stereocenters. The molecule has 3 nitrogen and oxygen atoms in total. The Balaban J connectivity index is 2.35. The van der Waals surface area contributed by atoms with Crippen molar-refractivity contribution in [3.8, 4) is 11.5 Å². The van der Waals surface area contributed by atoms with Crippen molar-refractivity contribution < 1.29 is 14.3 Å². The van der Waals surface area contributed by atoms with E-state index >= 15 is 0 Å². The van der Waals surface area contributed by atoms with Crippen LogP contribution in [0.2, 0.25) is 0 Å². The molecular formula is C11H9BrO3. The Morgan fingerprint density at radius 2 is 2.27 bits per heavy atom. The second kappa shape index (κ2) is 4.06. The number of rotatable bonds is 2. The molecule has 0 bridgehead atoms. The van der Waals surface area contributed by atoms with E-state index in [4.69, 9.17) is 9.47 Å². The lowest BCUT2D eigenvalue weighted by Gasteiger charge is -2.00. The Morgan fingerprint density at radius 1 is 1.47 bits per heavy atom. The largest absolute Gasteiger partial charge is 0.454 e. The Morgan fingerprint density at radius 3 is 3.00 bits per heavy atom. The van der Waals surface area contributed by atoms with Gasteiger partial charge < -0.3 is 9.47 Å². The molecule has 0 unspecified atom stereocenters. The van der Waals surface area contributed by atoms with Crippen molar-refractivity contribution in [1.29, 1.82) is 0 Å². The monoisotopic (exact) mass is 268 g/mol. The average molecular weight is 269 g/mol. The Bertz CT molecular complexity index is 438. The maximum atomic E-state index is 10.8. The molecule has 0 aliphatic carbocycles. The summed E-state index contributed by atoms with van der Waals surface area (Å²) in [5.41, 5.74) is 0.904. The maximum Gasteiger partial charge on any atom is 0.231 e. The van der Waals surface area contributed by atoms with E-state index in [1.54, 1.807) is 6.08 Å². The third kappa shape index (κ3) is 2.21. The van der Waals surface area contributed by atoms with E-state index in [9.17, 15) is 4.79 Å². The van der Waals surface area contributed by atoms with E-state index in [1.807, 2.05) is 12.1 Å². The van der Waals surface area contributed by atoms with Crippen LogP contribution >= 0.6 is 15.9 Å². The van der Waals surface area contributed by atoms with Gasteiger partial charge in [-0.2, -0.15) is 0 Å². The van der Waals surface area contributed by atoms with E-state index in [1.165, 1.54) is 13.0 Å². The molecular weight excluding hydrogens is 260 g/mol. The van der Waals surface area contributed by atoms with Crippen LogP contribution in [0.1, 0.15) is 12.5 Å². The van der Waals surface area contributed by atoms with Crippen LogP contribution in [0.25, 0.3) is 6.08 Å². The zero-order valence-electron chi connectivity index (χ0n) is 8.12. The molecule has 1 heterocycles. The molecule has 4 heteroatoms. The normalized spacial score (nSPS) is 13.5. The molecule has 0 radical (unpaired) electrons. The lowest BCUT2D eigenvalue weighted by Crippen LogP contribution is -1.93. The van der Waals surface area contributed by atoms with Crippen molar-refractivity contribution in [2.24, 2.45) is 0 Å². The Labute approximate surface area is 95.8 Å². The number of allylic oxidation sites excluding steroid dienone is 1. The van der Waals surface area contributed by atoms with Crippen molar-refractivity contribution in [1.82, 2.24) is 0 Å². The molecule has 2 rings (SSSR count). The van der Waals surface area contributed by atoms with Crippen LogP contribution in [0.5, 0.6) is 11.5 Å². The fraction of sp³-hybridized carbons (Fsp3) is 0.182. The zero-order valence-corrected chi connectivity index (χ0v) is 9.71. The Kier molecular flexibility index (Phi) is 2.77. The van der Waals surface area contributed by atoms with Gasteiger partial charge in [-0.3, -0.25) is 4.79 Å². The van der Waals surface area contributed by atoms with Crippen LogP contribution in [0.4, 0.5) is 0 Å². The minimum absolute atomic E-state index is 0.0174. The van der Waals surface area contributed by atoms with Gasteiger partial charge in [0, 0.05) is 0 Å². The van der Waals surface area contributed by atoms with E-state index in [0.29, 0.717) is 5.75 Å². The van der Waals surface area contributed by atoms with Gasteiger partial charge in [-0.15, -0.1) is 0 Å². The van der Waals surface area contributed by atoms with Crippen LogP contribution in [-0.2, 0) is 4.79 Å². The minimum atomic E-state index is 0.0174. The second-order valence-corrected chi connectivity index (χ2v) is 4.03. The third-order valence-corrected chi connectivity index (χ3v) is 2.55. The summed E-state index contributed by atoms with van der Waals surface area (Å²) in [5.74, 6) is 1.44. The second-order valence-electron chi connectivity index (χ2n) is 3.18. The van der Waals surface area contributed by atoms with E-state index in [0.717, 1.165) is 15.8 Å². The summed E-state index contributed by atoms with van der Waals surface area (Å²) < 4.78 is 11.3. The van der Waals surface area contributed by atoms with Crippen LogP contribution in [0.3, 0.4) is 0 Å². The molecule has 1 aromatic rings. The van der Waals surface area contributed by atoms with E-state index in [2.05, 4.69) is 15.9 Å². The van der Waals surface area contributed by atoms with Crippen LogP contribution < -0.4 is 9.47 Å². The first-order chi connectivity index (χ1) is 7.16. The highest BCUT2D eigenvalue weighted by atomic mass is 79.9. The molecule has 1 aromatic carbocycles. The summed E-state index contributed by atoms with van der Waals surface area (Å²) in [5, 5.41) is 0. The molecule has 0 fully saturated rings. The molecule has 15 heavy (non-hydrogen) atoms. The zero-order chi connectivity index (χ0) is 10.8. The highest BCUT2D eigenvalue weighted by Gasteiger charge is 2.17. The number of benzene rings is 1. The number of fused-ring (bicyclic) bond motifs is 1. The van der Waals surface area contributed by atoms with Crippen molar-refractivity contribution in [3.63, 3.8) is 0 Å². The minimum Gasteiger partial charge on any atom is -0.454 e. The smallest absolute Gasteiger partial charge is 0.231 e. The van der Waals surface area contributed by atoms with Crippen molar-refractivity contribution in [2.75, 3.05) is 6.79 Å². The van der Waals surface area contributed by atoms with Crippen LogP contribution in [0, 0.1) is 0 Å². The van der Waals surface area contributed by atoms with E-state index in [-0.39, 0.29) is 12.6 Å². The summed E-state index contributed by atoms with van der Waals surface area (Å²) in [7, 11) is 0. The Hall–Kier alpha value is -1.29. The SMILES string of the molecule is CC(=O)C=Cc1cc(Br)c2c(c1)OCO2. The van der Waals surface area contributed by atoms with Gasteiger partial charge in [0.25, 0.3) is 0 Å². The topological polar surface area (TPSA) is 35.5 Å². The number of hydrogen-bond acceptors (Lipinski definition) is 3. The van der Waals surface area contributed by atoms with Gasteiger partial charge in [0.2, 0.25) is 6.79 Å². The van der Waals surface area contributed by atoms with Gasteiger partial charge >= 0.3 is 0 Å². The predicted molar refractivity (Wildman–Crippen MR) is 60.0 cm³/mol. The average Bonchev–Trinajstić information content (AvgIpc) is 2.63. The summed E-state index contributed by atoms with van der Waals surface area (Å²) in [6.45, 7) is 1.76. The first kappa shape index (κ1) is 10.2. The van der Waals surface area contributed by atoms with Gasteiger partial charge in [0.1, 0.15) is 0 Å². The summed E-state index contributed by atoms with van der Waals surface area (Å²) >= 11 is 3.38. The fourth-order valence-electron chi connectivity index (χ4n) is 1.30. The lowest BCUT2D eigenvalue weighted by molar-refractivity contribution is -0.112. The van der Waals surface area contributed by atoms with E-state index < -0.39 is 0 Å². The highest BCUT2D eigenvalue weighted by Crippen LogP contribution is 2.40. The molecule has 0 saturated carbocycles. The third-order valence-electron chi connectivity index (χ3n) is 1.96. The molecule has 0 aromatic heterocycles. The molecule has 78 valence electrons. The van der Waals surface area contributed by atoms with Gasteiger partial charge in [-0.1, -0.05) is 6.08 Å². The van der Waals surface area contributed by atoms with Gasteiger partial charge in [0.05, 0.1) is 4.47 Å². The summed E-state index contributed by atoms with van der Waals surface area (Å²) in [6.07, 6.45) is 3.26. The fourth-order valence-corrected chi connectivity index (χ4v) is 1.87. The van der Waals surface area contributed by atoms with Gasteiger partial charge in [-0.25, -0.2) is 0 Å². The standard InChI is InChI=1S/C11H9BrO3/c1-7(13)2-3-8-4-9(12)11-10(5-8)14-6-15-11/h2-5H,6H2,1H3. The quantitative estimate of drug-likeness (QED) is 0.774. The van der Waals surface area contributed by atoms with Crippen LogP contribution in [0.15, 0.2) is 22.7 Å². The number of halogens is 1. The molecule has 0 spiro atoms. The number of carbonyl (C=O) groups excluding carboxylic acids is 1. The van der Waals surface area contributed by atoms with Crippen molar-refractivity contribution in [2.45, 2.75) is 6.92 Å². The van der Waals surface area contributed by atoms with Crippen molar-refractivity contribution in [3.05, 3.63) is 28.2 Å². The number of hydrogen-bond donors (Lipinski definition) is 0. The number of ketones is 1.